The van der Waals surface area contributed by atoms with Crippen molar-refractivity contribution in [3.8, 4) is 0 Å². The van der Waals surface area contributed by atoms with E-state index in [1.165, 1.54) is 5.56 Å². The Morgan fingerprint density at radius 2 is 2.04 bits per heavy atom. The molecular formula is C18H17N3OS. The van der Waals surface area contributed by atoms with Gasteiger partial charge in [-0.15, -0.1) is 11.3 Å². The first-order chi connectivity index (χ1) is 11.2. The van der Waals surface area contributed by atoms with E-state index in [-0.39, 0.29) is 5.91 Å². The Kier molecular flexibility index (Phi) is 4.68. The van der Waals surface area contributed by atoms with Crippen molar-refractivity contribution in [1.29, 1.82) is 0 Å². The molecular weight excluding hydrogens is 306 g/mol. The van der Waals surface area contributed by atoms with Gasteiger partial charge in [0.05, 0.1) is 18.3 Å². The summed E-state index contributed by atoms with van der Waals surface area (Å²) in [6.45, 7) is 2.05. The maximum absolute atomic E-state index is 11.9. The SMILES string of the molecule is Cc1cccc(Nc2ccc(NC(=O)Cc3cccs3)cn2)c1. The molecule has 2 heterocycles. The number of aromatic nitrogens is 1. The highest BCUT2D eigenvalue weighted by molar-refractivity contribution is 7.10. The molecule has 0 saturated carbocycles. The number of aryl methyl sites for hydroxylation is 1. The third kappa shape index (κ3) is 4.40. The fourth-order valence-electron chi connectivity index (χ4n) is 2.19. The van der Waals surface area contributed by atoms with E-state index in [4.69, 9.17) is 0 Å². The topological polar surface area (TPSA) is 54.0 Å². The van der Waals surface area contributed by atoms with Gasteiger partial charge in [0.15, 0.2) is 0 Å². The van der Waals surface area contributed by atoms with E-state index in [2.05, 4.69) is 21.7 Å². The maximum Gasteiger partial charge on any atom is 0.229 e. The smallest absolute Gasteiger partial charge is 0.229 e. The van der Waals surface area contributed by atoms with Crippen LogP contribution in [0.5, 0.6) is 0 Å². The molecule has 116 valence electrons. The monoisotopic (exact) mass is 323 g/mol. The molecule has 0 aliphatic rings. The second kappa shape index (κ2) is 7.07. The number of benzene rings is 1. The van der Waals surface area contributed by atoms with E-state index in [1.807, 2.05) is 54.8 Å². The van der Waals surface area contributed by atoms with Gasteiger partial charge in [-0.2, -0.15) is 0 Å². The number of amides is 1. The van der Waals surface area contributed by atoms with Crippen LogP contribution in [0.25, 0.3) is 0 Å². The second-order valence-electron chi connectivity index (χ2n) is 5.23. The summed E-state index contributed by atoms with van der Waals surface area (Å²) in [4.78, 5) is 17.3. The lowest BCUT2D eigenvalue weighted by Gasteiger charge is -2.08. The standard InChI is InChI=1S/C18H17N3OS/c1-13-4-2-5-14(10-13)20-17-8-7-15(12-19-17)21-18(22)11-16-6-3-9-23-16/h2-10,12H,11H2,1H3,(H,19,20)(H,21,22). The second-order valence-corrected chi connectivity index (χ2v) is 6.26. The lowest BCUT2D eigenvalue weighted by Crippen LogP contribution is -2.13. The molecule has 23 heavy (non-hydrogen) atoms. The summed E-state index contributed by atoms with van der Waals surface area (Å²) >= 11 is 1.58. The molecule has 0 atom stereocenters. The Morgan fingerprint density at radius 3 is 2.74 bits per heavy atom. The first kappa shape index (κ1) is 15.2. The predicted octanol–water partition coefficient (Wildman–Crippen LogP) is 4.38. The number of carbonyl (C=O) groups excluding carboxylic acids is 1. The quantitative estimate of drug-likeness (QED) is 0.733. The fourth-order valence-corrected chi connectivity index (χ4v) is 2.89. The molecule has 0 aliphatic carbocycles. The molecule has 3 aromatic rings. The minimum absolute atomic E-state index is 0.0337. The van der Waals surface area contributed by atoms with Crippen LogP contribution in [0, 0.1) is 6.92 Å². The summed E-state index contributed by atoms with van der Waals surface area (Å²) in [6, 6.07) is 15.7. The molecule has 0 saturated heterocycles. The average Bonchev–Trinajstić information content (AvgIpc) is 3.02. The number of pyridine rings is 1. The van der Waals surface area contributed by atoms with Gasteiger partial charge in [-0.3, -0.25) is 4.79 Å². The first-order valence-electron chi connectivity index (χ1n) is 7.31. The van der Waals surface area contributed by atoms with Gasteiger partial charge in [-0.1, -0.05) is 18.2 Å². The van der Waals surface area contributed by atoms with Crippen LogP contribution in [0.15, 0.2) is 60.1 Å². The Labute approximate surface area is 139 Å². The summed E-state index contributed by atoms with van der Waals surface area (Å²) in [5.41, 5.74) is 2.88. The van der Waals surface area contributed by atoms with Crippen molar-refractivity contribution in [2.75, 3.05) is 10.6 Å². The third-order valence-corrected chi connectivity index (χ3v) is 4.13. The molecule has 4 nitrogen and oxygen atoms in total. The summed E-state index contributed by atoms with van der Waals surface area (Å²) < 4.78 is 0. The summed E-state index contributed by atoms with van der Waals surface area (Å²) in [7, 11) is 0. The van der Waals surface area contributed by atoms with E-state index < -0.39 is 0 Å². The normalized spacial score (nSPS) is 10.3. The number of thiophene rings is 1. The molecule has 0 spiro atoms. The minimum atomic E-state index is -0.0337. The molecule has 1 amide bonds. The van der Waals surface area contributed by atoms with Crippen molar-refractivity contribution in [3.05, 3.63) is 70.5 Å². The molecule has 0 fully saturated rings. The number of carbonyl (C=O) groups is 1. The highest BCUT2D eigenvalue weighted by Gasteiger charge is 2.05. The number of anilines is 3. The van der Waals surface area contributed by atoms with Crippen LogP contribution in [-0.4, -0.2) is 10.9 Å². The molecule has 2 aromatic heterocycles. The molecule has 1 aromatic carbocycles. The van der Waals surface area contributed by atoms with Crippen molar-refractivity contribution < 1.29 is 4.79 Å². The van der Waals surface area contributed by atoms with Gasteiger partial charge in [0, 0.05) is 10.6 Å². The van der Waals surface area contributed by atoms with Crippen LogP contribution in [0.4, 0.5) is 17.2 Å². The molecule has 0 radical (unpaired) electrons. The Bertz CT molecular complexity index is 782. The zero-order valence-electron chi connectivity index (χ0n) is 12.7. The molecule has 2 N–H and O–H groups in total. The van der Waals surface area contributed by atoms with Crippen molar-refractivity contribution in [2.45, 2.75) is 13.3 Å². The Hall–Kier alpha value is -2.66. The maximum atomic E-state index is 11.9. The molecule has 0 unspecified atom stereocenters. The van der Waals surface area contributed by atoms with E-state index in [1.54, 1.807) is 17.5 Å². The number of nitrogens with one attached hydrogen (secondary N) is 2. The van der Waals surface area contributed by atoms with Crippen molar-refractivity contribution >= 4 is 34.4 Å². The van der Waals surface area contributed by atoms with Crippen molar-refractivity contribution in [3.63, 3.8) is 0 Å². The molecule has 5 heteroatoms. The summed E-state index contributed by atoms with van der Waals surface area (Å²) in [6.07, 6.45) is 2.05. The predicted molar refractivity (Wildman–Crippen MR) is 95.4 cm³/mol. The third-order valence-electron chi connectivity index (χ3n) is 3.25. The van der Waals surface area contributed by atoms with E-state index >= 15 is 0 Å². The van der Waals surface area contributed by atoms with Gasteiger partial charge in [0.1, 0.15) is 5.82 Å². The highest BCUT2D eigenvalue weighted by atomic mass is 32.1. The number of hydrogen-bond donors (Lipinski definition) is 2. The van der Waals surface area contributed by atoms with Crippen molar-refractivity contribution in [2.24, 2.45) is 0 Å². The molecule has 0 aliphatic heterocycles. The summed E-state index contributed by atoms with van der Waals surface area (Å²) in [5.74, 6) is 0.709. The van der Waals surface area contributed by atoms with Gasteiger partial charge in [-0.05, 0) is 48.2 Å². The van der Waals surface area contributed by atoms with Crippen LogP contribution in [-0.2, 0) is 11.2 Å². The Morgan fingerprint density at radius 1 is 1.13 bits per heavy atom. The fraction of sp³-hybridized carbons (Fsp3) is 0.111. The van der Waals surface area contributed by atoms with E-state index in [0.29, 0.717) is 12.1 Å². The Balaban J connectivity index is 1.59. The van der Waals surface area contributed by atoms with Crippen LogP contribution in [0.1, 0.15) is 10.4 Å². The first-order valence-corrected chi connectivity index (χ1v) is 8.19. The molecule has 0 bridgehead atoms. The van der Waals surface area contributed by atoms with E-state index in [9.17, 15) is 4.79 Å². The molecule has 3 rings (SSSR count). The minimum Gasteiger partial charge on any atom is -0.340 e. The van der Waals surface area contributed by atoms with Crippen LogP contribution < -0.4 is 10.6 Å². The highest BCUT2D eigenvalue weighted by Crippen LogP contribution is 2.17. The van der Waals surface area contributed by atoms with E-state index in [0.717, 1.165) is 16.4 Å². The average molecular weight is 323 g/mol. The lowest BCUT2D eigenvalue weighted by molar-refractivity contribution is -0.115. The number of hydrogen-bond acceptors (Lipinski definition) is 4. The zero-order chi connectivity index (χ0) is 16.1. The van der Waals surface area contributed by atoms with Gasteiger partial charge < -0.3 is 10.6 Å². The number of nitrogens with zero attached hydrogens (tertiary/aromatic N) is 1. The van der Waals surface area contributed by atoms with Gasteiger partial charge in [0.2, 0.25) is 5.91 Å². The zero-order valence-corrected chi connectivity index (χ0v) is 13.6. The lowest BCUT2D eigenvalue weighted by atomic mass is 10.2. The van der Waals surface area contributed by atoms with Crippen LogP contribution in [0.2, 0.25) is 0 Å². The van der Waals surface area contributed by atoms with Gasteiger partial charge in [0.25, 0.3) is 0 Å². The van der Waals surface area contributed by atoms with Gasteiger partial charge >= 0.3 is 0 Å². The largest absolute Gasteiger partial charge is 0.340 e. The van der Waals surface area contributed by atoms with Crippen LogP contribution in [0.3, 0.4) is 0 Å². The summed E-state index contributed by atoms with van der Waals surface area (Å²) in [5, 5.41) is 8.07. The number of rotatable bonds is 5. The van der Waals surface area contributed by atoms with Gasteiger partial charge in [-0.25, -0.2) is 4.98 Å². The van der Waals surface area contributed by atoms with Crippen molar-refractivity contribution in [1.82, 2.24) is 4.98 Å². The van der Waals surface area contributed by atoms with Crippen LogP contribution >= 0.6 is 11.3 Å².